The summed E-state index contributed by atoms with van der Waals surface area (Å²) in [6.45, 7) is 5.37. The monoisotopic (exact) mass is 375 g/mol. The molecule has 1 aliphatic heterocycles. The zero-order chi connectivity index (χ0) is 20.2. The first-order valence-corrected chi connectivity index (χ1v) is 8.59. The Kier molecular flexibility index (Phi) is 6.28. The standard InChI is InChI=1S/C19H25N3O5/c1-6-12-7-16(26-5)14(20-9-12)10-21-17(24)15-8-13(23)11-22(15)18(25)27-19(2,3)4/h1,7,9,13,15,23H,8,10-11H2,2-5H3,(H,21,24)/t13-,15+/m1/s1. The van der Waals surface area contributed by atoms with Crippen LogP contribution >= 0.6 is 0 Å². The van der Waals surface area contributed by atoms with E-state index in [1.807, 2.05) is 0 Å². The maximum Gasteiger partial charge on any atom is 0.411 e. The van der Waals surface area contributed by atoms with Crippen molar-refractivity contribution in [1.82, 2.24) is 15.2 Å². The number of aliphatic hydroxyl groups is 1. The van der Waals surface area contributed by atoms with Crippen LogP contribution in [0, 0.1) is 12.3 Å². The number of hydrogen-bond acceptors (Lipinski definition) is 6. The second-order valence-electron chi connectivity index (χ2n) is 7.27. The van der Waals surface area contributed by atoms with Crippen molar-refractivity contribution in [3.63, 3.8) is 0 Å². The van der Waals surface area contributed by atoms with E-state index < -0.39 is 29.7 Å². The Morgan fingerprint density at radius 3 is 2.78 bits per heavy atom. The summed E-state index contributed by atoms with van der Waals surface area (Å²) >= 11 is 0. The molecular weight excluding hydrogens is 350 g/mol. The third-order valence-corrected chi connectivity index (χ3v) is 3.96. The Hall–Kier alpha value is -2.79. The zero-order valence-corrected chi connectivity index (χ0v) is 16.0. The lowest BCUT2D eigenvalue weighted by molar-refractivity contribution is -0.125. The van der Waals surface area contributed by atoms with Crippen molar-refractivity contribution in [3.05, 3.63) is 23.5 Å². The van der Waals surface area contributed by atoms with E-state index in [4.69, 9.17) is 15.9 Å². The van der Waals surface area contributed by atoms with E-state index in [2.05, 4.69) is 16.2 Å². The van der Waals surface area contributed by atoms with Gasteiger partial charge in [-0.1, -0.05) is 5.92 Å². The molecule has 0 radical (unpaired) electrons. The molecule has 0 spiro atoms. The molecule has 2 N–H and O–H groups in total. The fourth-order valence-corrected chi connectivity index (χ4v) is 2.73. The van der Waals surface area contributed by atoms with Crippen LogP contribution in [-0.2, 0) is 16.1 Å². The van der Waals surface area contributed by atoms with Crippen molar-refractivity contribution < 1.29 is 24.2 Å². The van der Waals surface area contributed by atoms with Gasteiger partial charge in [-0.05, 0) is 26.8 Å². The number of terminal acetylenes is 1. The largest absolute Gasteiger partial charge is 0.495 e. The maximum absolute atomic E-state index is 12.6. The van der Waals surface area contributed by atoms with Crippen LogP contribution in [0.15, 0.2) is 12.3 Å². The highest BCUT2D eigenvalue weighted by Crippen LogP contribution is 2.22. The van der Waals surface area contributed by atoms with Gasteiger partial charge in [0.1, 0.15) is 23.1 Å². The minimum Gasteiger partial charge on any atom is -0.495 e. The van der Waals surface area contributed by atoms with Gasteiger partial charge in [-0.2, -0.15) is 0 Å². The van der Waals surface area contributed by atoms with Gasteiger partial charge in [0, 0.05) is 18.2 Å². The number of ether oxygens (including phenoxy) is 2. The lowest BCUT2D eigenvalue weighted by Crippen LogP contribution is -2.47. The van der Waals surface area contributed by atoms with Crippen molar-refractivity contribution in [2.45, 2.75) is 51.5 Å². The number of aliphatic hydroxyl groups excluding tert-OH is 1. The molecule has 2 rings (SSSR count). The van der Waals surface area contributed by atoms with Gasteiger partial charge in [0.15, 0.2) is 0 Å². The first-order valence-electron chi connectivity index (χ1n) is 8.59. The summed E-state index contributed by atoms with van der Waals surface area (Å²) in [7, 11) is 1.49. The first-order chi connectivity index (χ1) is 12.6. The predicted molar refractivity (Wildman–Crippen MR) is 97.9 cm³/mol. The predicted octanol–water partition coefficient (Wildman–Crippen LogP) is 1.06. The number of rotatable bonds is 4. The van der Waals surface area contributed by atoms with Crippen molar-refractivity contribution in [1.29, 1.82) is 0 Å². The molecule has 0 unspecified atom stereocenters. The molecule has 2 atom stereocenters. The quantitative estimate of drug-likeness (QED) is 0.763. The van der Waals surface area contributed by atoms with Gasteiger partial charge >= 0.3 is 6.09 Å². The summed E-state index contributed by atoms with van der Waals surface area (Å²) in [5.41, 5.74) is 0.381. The van der Waals surface area contributed by atoms with Crippen LogP contribution in [0.1, 0.15) is 38.4 Å². The highest BCUT2D eigenvalue weighted by Gasteiger charge is 2.40. The fourth-order valence-electron chi connectivity index (χ4n) is 2.73. The smallest absolute Gasteiger partial charge is 0.411 e. The van der Waals surface area contributed by atoms with Gasteiger partial charge in [-0.3, -0.25) is 14.7 Å². The molecule has 146 valence electrons. The second kappa shape index (κ2) is 8.27. The first kappa shape index (κ1) is 20.5. The SMILES string of the molecule is C#Cc1cnc(CNC(=O)[C@@H]2C[C@@H](O)CN2C(=O)OC(C)(C)C)c(OC)c1. The number of nitrogens with zero attached hydrogens (tertiary/aromatic N) is 2. The Morgan fingerprint density at radius 1 is 1.48 bits per heavy atom. The van der Waals surface area contributed by atoms with Crippen molar-refractivity contribution in [2.75, 3.05) is 13.7 Å². The van der Waals surface area contributed by atoms with E-state index in [-0.39, 0.29) is 19.5 Å². The molecule has 0 aromatic carbocycles. The lowest BCUT2D eigenvalue weighted by atomic mass is 10.2. The van der Waals surface area contributed by atoms with E-state index in [1.54, 1.807) is 26.8 Å². The summed E-state index contributed by atoms with van der Waals surface area (Å²) < 4.78 is 10.6. The maximum atomic E-state index is 12.6. The summed E-state index contributed by atoms with van der Waals surface area (Å²) in [6.07, 6.45) is 5.58. The van der Waals surface area contributed by atoms with Crippen LogP contribution in [0.4, 0.5) is 4.79 Å². The molecule has 1 aromatic rings. The van der Waals surface area contributed by atoms with Gasteiger partial charge in [0.05, 0.1) is 26.3 Å². The number of β-amino-alcohol motifs (C(OH)–C–C–N with tert-alkyl or cyclic N) is 1. The van der Waals surface area contributed by atoms with E-state index in [9.17, 15) is 14.7 Å². The number of amides is 2. The van der Waals surface area contributed by atoms with Gasteiger partial charge in [-0.15, -0.1) is 6.42 Å². The average Bonchev–Trinajstić information content (AvgIpc) is 3.00. The van der Waals surface area contributed by atoms with Gasteiger partial charge < -0.3 is 19.9 Å². The number of hydrogen-bond donors (Lipinski definition) is 2. The average molecular weight is 375 g/mol. The van der Waals surface area contributed by atoms with E-state index in [1.165, 1.54) is 18.2 Å². The summed E-state index contributed by atoms with van der Waals surface area (Å²) in [6, 6.07) is 0.840. The summed E-state index contributed by atoms with van der Waals surface area (Å²) in [4.78, 5) is 30.4. The fraction of sp³-hybridized carbons (Fsp3) is 0.526. The molecule has 8 heteroatoms. The molecular formula is C19H25N3O5. The second-order valence-corrected chi connectivity index (χ2v) is 7.27. The van der Waals surface area contributed by atoms with Crippen LogP contribution in [0.3, 0.4) is 0 Å². The van der Waals surface area contributed by atoms with Crippen LogP contribution in [0.5, 0.6) is 5.75 Å². The van der Waals surface area contributed by atoms with Gasteiger partial charge in [0.25, 0.3) is 0 Å². The third kappa shape index (κ3) is 5.34. The minimum atomic E-state index is -0.814. The van der Waals surface area contributed by atoms with Crippen LogP contribution in [-0.4, -0.2) is 58.4 Å². The number of nitrogens with one attached hydrogen (secondary N) is 1. The van der Waals surface area contributed by atoms with E-state index in [0.717, 1.165) is 0 Å². The van der Waals surface area contributed by atoms with Crippen LogP contribution < -0.4 is 10.1 Å². The molecule has 1 saturated heterocycles. The number of methoxy groups -OCH3 is 1. The van der Waals surface area contributed by atoms with E-state index >= 15 is 0 Å². The molecule has 0 saturated carbocycles. The molecule has 8 nitrogen and oxygen atoms in total. The normalized spacial score (nSPS) is 19.3. The summed E-state index contributed by atoms with van der Waals surface area (Å²) in [5, 5.41) is 12.6. The number of carbonyl (C=O) groups is 2. The molecule has 1 fully saturated rings. The molecule has 2 heterocycles. The van der Waals surface area contributed by atoms with Crippen LogP contribution in [0.25, 0.3) is 0 Å². The summed E-state index contributed by atoms with van der Waals surface area (Å²) in [5.74, 6) is 2.52. The molecule has 0 aliphatic carbocycles. The number of carbonyl (C=O) groups excluding carboxylic acids is 2. The number of pyridine rings is 1. The van der Waals surface area contributed by atoms with Crippen molar-refractivity contribution >= 4 is 12.0 Å². The molecule has 0 bridgehead atoms. The molecule has 1 aromatic heterocycles. The van der Waals surface area contributed by atoms with Gasteiger partial charge in [-0.25, -0.2) is 4.79 Å². The van der Waals surface area contributed by atoms with Crippen LogP contribution in [0.2, 0.25) is 0 Å². The number of likely N-dealkylation sites (tertiary alicyclic amines) is 1. The molecule has 1 aliphatic rings. The zero-order valence-electron chi connectivity index (χ0n) is 16.0. The Morgan fingerprint density at radius 2 is 2.19 bits per heavy atom. The van der Waals surface area contributed by atoms with Crippen molar-refractivity contribution in [3.8, 4) is 18.1 Å². The Balaban J connectivity index is 2.06. The minimum absolute atomic E-state index is 0.0471. The highest BCUT2D eigenvalue weighted by atomic mass is 16.6. The lowest BCUT2D eigenvalue weighted by Gasteiger charge is -2.27. The molecule has 27 heavy (non-hydrogen) atoms. The van der Waals surface area contributed by atoms with Crippen molar-refractivity contribution in [2.24, 2.45) is 0 Å². The Bertz CT molecular complexity index is 751. The molecule has 2 amide bonds. The highest BCUT2D eigenvalue weighted by molar-refractivity contribution is 5.86. The third-order valence-electron chi connectivity index (χ3n) is 3.96. The number of aromatic nitrogens is 1. The Labute approximate surface area is 158 Å². The topological polar surface area (TPSA) is 101 Å². The van der Waals surface area contributed by atoms with E-state index in [0.29, 0.717) is 17.0 Å². The van der Waals surface area contributed by atoms with Gasteiger partial charge in [0.2, 0.25) is 5.91 Å².